The molecule has 0 radical (unpaired) electrons. The highest BCUT2D eigenvalue weighted by Gasteiger charge is 2.54. The molecule has 9 nitrogen and oxygen atoms in total. The van der Waals surface area contributed by atoms with E-state index in [0.717, 1.165) is 4.88 Å². The Hall–Kier alpha value is -2.31. The number of rotatable bonds is 7. The lowest BCUT2D eigenvalue weighted by Gasteiger charge is -2.49. The molecule has 0 aromatic carbocycles. The number of carboxylic acid groups (broad SMARTS) is 1. The largest absolute Gasteiger partial charge is 0.477 e. The molecule has 2 aliphatic heterocycles. The van der Waals surface area contributed by atoms with Gasteiger partial charge in [0.25, 0.3) is 11.1 Å². The van der Waals surface area contributed by atoms with Crippen molar-refractivity contribution >= 4 is 52.6 Å². The number of aromatic nitrogens is 2. The minimum Gasteiger partial charge on any atom is -0.477 e. The smallest absolute Gasteiger partial charge is 0.352 e. The van der Waals surface area contributed by atoms with Crippen LogP contribution in [0.4, 0.5) is 0 Å². The van der Waals surface area contributed by atoms with Gasteiger partial charge in [0.2, 0.25) is 11.8 Å². The van der Waals surface area contributed by atoms with Crippen LogP contribution in [0.1, 0.15) is 10.8 Å². The molecular weight excluding hydrogens is 436 g/mol. The van der Waals surface area contributed by atoms with E-state index in [0.29, 0.717) is 28.2 Å². The molecule has 12 heteroatoms. The number of amides is 2. The van der Waals surface area contributed by atoms with Crippen molar-refractivity contribution in [3.63, 3.8) is 0 Å². The molecule has 2 atom stereocenters. The minimum absolute atomic E-state index is 0.0220. The normalized spacial score (nSPS) is 21.0. The molecule has 0 saturated carbocycles. The third kappa shape index (κ3) is 4.05. The van der Waals surface area contributed by atoms with Crippen LogP contribution in [-0.4, -0.2) is 60.9 Å². The van der Waals surface area contributed by atoms with Crippen LogP contribution < -0.4 is 5.32 Å². The lowest BCUT2D eigenvalue weighted by molar-refractivity contribution is -0.150. The SMILES string of the molecule is Cc1nnc(SCC2=C(C(=O)O)N3C(=O)C(NC(=O)Cc4cccs4)[C@H]3SC2)o1. The van der Waals surface area contributed by atoms with Gasteiger partial charge in [0, 0.05) is 23.3 Å². The molecule has 0 spiro atoms. The van der Waals surface area contributed by atoms with Gasteiger partial charge in [0.1, 0.15) is 17.1 Å². The molecule has 1 fully saturated rings. The van der Waals surface area contributed by atoms with Crippen LogP contribution in [0, 0.1) is 6.92 Å². The molecule has 0 bridgehead atoms. The second-order valence-corrected chi connectivity index (χ2v) is 9.41. The Morgan fingerprint density at radius 3 is 2.93 bits per heavy atom. The van der Waals surface area contributed by atoms with Crippen LogP contribution in [0.2, 0.25) is 0 Å². The Kier molecular flexibility index (Phi) is 5.65. The van der Waals surface area contributed by atoms with Crippen molar-refractivity contribution in [1.82, 2.24) is 20.4 Å². The highest BCUT2D eigenvalue weighted by atomic mass is 32.2. The highest BCUT2D eigenvalue weighted by Crippen LogP contribution is 2.41. The first kappa shape index (κ1) is 20.0. The average Bonchev–Trinajstić information content (AvgIpc) is 3.35. The van der Waals surface area contributed by atoms with E-state index in [1.165, 1.54) is 39.8 Å². The molecular formula is C17H16N4O5S3. The number of β-lactam (4-membered cyclic amide) rings is 1. The van der Waals surface area contributed by atoms with E-state index in [1.807, 2.05) is 17.5 Å². The van der Waals surface area contributed by atoms with Crippen molar-refractivity contribution in [1.29, 1.82) is 0 Å². The van der Waals surface area contributed by atoms with Crippen LogP contribution in [0.15, 0.2) is 38.4 Å². The quantitative estimate of drug-likeness (QED) is 0.475. The predicted molar refractivity (Wildman–Crippen MR) is 107 cm³/mol. The van der Waals surface area contributed by atoms with Gasteiger partial charge < -0.3 is 14.8 Å². The number of fused-ring (bicyclic) bond motifs is 1. The number of hydrogen-bond acceptors (Lipinski definition) is 9. The average molecular weight is 453 g/mol. The van der Waals surface area contributed by atoms with Crippen LogP contribution in [0.5, 0.6) is 0 Å². The zero-order valence-electron chi connectivity index (χ0n) is 15.2. The Morgan fingerprint density at radius 2 is 2.28 bits per heavy atom. The summed E-state index contributed by atoms with van der Waals surface area (Å²) >= 11 is 4.14. The van der Waals surface area contributed by atoms with Crippen LogP contribution in [-0.2, 0) is 20.8 Å². The Labute approximate surface area is 177 Å². The van der Waals surface area contributed by atoms with Crippen LogP contribution in [0.3, 0.4) is 0 Å². The summed E-state index contributed by atoms with van der Waals surface area (Å²) < 4.78 is 5.29. The third-order valence-corrected chi connectivity index (χ3v) is 7.48. The number of thiophene rings is 1. The fourth-order valence-corrected chi connectivity index (χ4v) is 6.07. The van der Waals surface area contributed by atoms with Crippen LogP contribution in [0.25, 0.3) is 0 Å². The molecule has 2 aromatic rings. The Morgan fingerprint density at radius 1 is 1.45 bits per heavy atom. The fourth-order valence-electron chi connectivity index (χ4n) is 3.08. The zero-order valence-corrected chi connectivity index (χ0v) is 17.6. The topological polar surface area (TPSA) is 126 Å². The molecule has 29 heavy (non-hydrogen) atoms. The van der Waals surface area contributed by atoms with Gasteiger partial charge in [0.05, 0.1) is 6.42 Å². The summed E-state index contributed by atoms with van der Waals surface area (Å²) in [5.41, 5.74) is 0.586. The second-order valence-electron chi connectivity index (χ2n) is 6.34. The molecule has 2 aromatic heterocycles. The number of nitrogens with zero attached hydrogens (tertiary/aromatic N) is 3. The summed E-state index contributed by atoms with van der Waals surface area (Å²) in [6, 6.07) is 3.00. The Bertz CT molecular complexity index is 987. The first-order chi connectivity index (χ1) is 13.9. The van der Waals surface area contributed by atoms with E-state index in [-0.39, 0.29) is 18.0 Å². The number of aliphatic carboxylic acids is 1. The highest BCUT2D eigenvalue weighted by molar-refractivity contribution is 8.01. The van der Waals surface area contributed by atoms with E-state index >= 15 is 0 Å². The maximum Gasteiger partial charge on any atom is 0.352 e. The second kappa shape index (κ2) is 8.20. The first-order valence-corrected chi connectivity index (χ1v) is 11.5. The van der Waals surface area contributed by atoms with Crippen LogP contribution >= 0.6 is 34.9 Å². The van der Waals surface area contributed by atoms with Gasteiger partial charge in [0.15, 0.2) is 0 Å². The van der Waals surface area contributed by atoms with Crippen molar-refractivity contribution in [3.05, 3.63) is 39.6 Å². The summed E-state index contributed by atoms with van der Waals surface area (Å²) in [5, 5.41) is 21.9. The molecule has 1 unspecified atom stereocenters. The van der Waals surface area contributed by atoms with Gasteiger partial charge in [-0.3, -0.25) is 14.5 Å². The van der Waals surface area contributed by atoms with Crippen molar-refractivity contribution in [2.45, 2.75) is 30.0 Å². The molecule has 4 heterocycles. The summed E-state index contributed by atoms with van der Waals surface area (Å²) in [5.74, 6) is -0.632. The van der Waals surface area contributed by atoms with E-state index in [9.17, 15) is 19.5 Å². The maximum absolute atomic E-state index is 12.6. The predicted octanol–water partition coefficient (Wildman–Crippen LogP) is 1.51. The number of carbonyl (C=O) groups excluding carboxylic acids is 2. The van der Waals surface area contributed by atoms with Gasteiger partial charge >= 0.3 is 5.97 Å². The van der Waals surface area contributed by atoms with E-state index < -0.39 is 23.3 Å². The molecule has 4 rings (SSSR count). The number of carboxylic acids is 1. The standard InChI is InChI=1S/C17H16N4O5S3/c1-8-19-20-17(26-8)29-7-9-6-28-15-12(14(23)21(15)13(9)16(24)25)18-11(22)5-10-3-2-4-27-10/h2-4,12,15H,5-7H2,1H3,(H,18,22)(H,24,25)/t12?,15-/m1/s1. The summed E-state index contributed by atoms with van der Waals surface area (Å²) in [4.78, 5) is 38.9. The van der Waals surface area contributed by atoms with Gasteiger partial charge in [-0.05, 0) is 17.0 Å². The van der Waals surface area contributed by atoms with E-state index in [2.05, 4.69) is 15.5 Å². The van der Waals surface area contributed by atoms with Crippen molar-refractivity contribution < 1.29 is 23.9 Å². The lowest BCUT2D eigenvalue weighted by atomic mass is 10.0. The lowest BCUT2D eigenvalue weighted by Crippen LogP contribution is -2.70. The third-order valence-electron chi connectivity index (χ3n) is 4.36. The molecule has 2 N–H and O–H groups in total. The monoisotopic (exact) mass is 452 g/mol. The number of aryl methyl sites for hydroxylation is 1. The first-order valence-electron chi connectivity index (χ1n) is 8.58. The van der Waals surface area contributed by atoms with Gasteiger partial charge in [-0.1, -0.05) is 17.8 Å². The number of carbonyl (C=O) groups is 3. The Balaban J connectivity index is 1.44. The number of hydrogen-bond donors (Lipinski definition) is 2. The minimum atomic E-state index is -1.16. The molecule has 152 valence electrons. The maximum atomic E-state index is 12.6. The van der Waals surface area contributed by atoms with Gasteiger partial charge in [-0.2, -0.15) is 0 Å². The van der Waals surface area contributed by atoms with Crippen molar-refractivity contribution in [2.75, 3.05) is 11.5 Å². The molecule has 2 amide bonds. The van der Waals surface area contributed by atoms with Gasteiger partial charge in [-0.25, -0.2) is 4.79 Å². The summed E-state index contributed by atoms with van der Waals surface area (Å²) in [6.45, 7) is 1.67. The number of thioether (sulfide) groups is 2. The summed E-state index contributed by atoms with van der Waals surface area (Å²) in [7, 11) is 0. The van der Waals surface area contributed by atoms with Crippen molar-refractivity contribution in [2.24, 2.45) is 0 Å². The van der Waals surface area contributed by atoms with Crippen molar-refractivity contribution in [3.8, 4) is 0 Å². The zero-order chi connectivity index (χ0) is 20.5. The van der Waals surface area contributed by atoms with E-state index in [1.54, 1.807) is 6.92 Å². The summed E-state index contributed by atoms with van der Waals surface area (Å²) in [6.07, 6.45) is 0.200. The van der Waals surface area contributed by atoms with E-state index in [4.69, 9.17) is 4.42 Å². The molecule has 1 saturated heterocycles. The fraction of sp³-hybridized carbons (Fsp3) is 0.353. The van der Waals surface area contributed by atoms with Gasteiger partial charge in [-0.15, -0.1) is 33.3 Å². The molecule has 2 aliphatic rings. The molecule has 0 aliphatic carbocycles. The number of nitrogens with one attached hydrogen (secondary N) is 1.